The third-order valence-corrected chi connectivity index (χ3v) is 2.23. The monoisotopic (exact) mass is 245 g/mol. The van der Waals surface area contributed by atoms with Crippen LogP contribution in [0.1, 0.15) is 19.2 Å². The standard InChI is InChI=1S/C11H15N7/c1-2-3-9-15-10(17-14)8-11(16-9)18(6-4-12)7-5-13/h8H,2-3,6-7,14H2,1H3,(H,15,16,17). The zero-order chi connectivity index (χ0) is 13.4. The fourth-order valence-electron chi connectivity index (χ4n) is 1.44. The molecular formula is C11H15N7. The number of hydrogen-bond acceptors (Lipinski definition) is 7. The Labute approximate surface area is 106 Å². The van der Waals surface area contributed by atoms with Gasteiger partial charge < -0.3 is 10.3 Å². The van der Waals surface area contributed by atoms with E-state index in [0.29, 0.717) is 17.5 Å². The lowest BCUT2D eigenvalue weighted by Crippen LogP contribution is -2.26. The van der Waals surface area contributed by atoms with Gasteiger partial charge in [-0.3, -0.25) is 0 Å². The first kappa shape index (κ1) is 13.7. The Morgan fingerprint density at radius 1 is 1.33 bits per heavy atom. The van der Waals surface area contributed by atoms with Crippen molar-refractivity contribution in [2.75, 3.05) is 23.4 Å². The molecule has 0 aliphatic heterocycles. The number of rotatable bonds is 6. The smallest absolute Gasteiger partial charge is 0.145 e. The second-order valence-electron chi connectivity index (χ2n) is 3.59. The van der Waals surface area contributed by atoms with Crippen molar-refractivity contribution < 1.29 is 0 Å². The van der Waals surface area contributed by atoms with E-state index in [9.17, 15) is 0 Å². The summed E-state index contributed by atoms with van der Waals surface area (Å²) in [6.45, 7) is 2.22. The van der Waals surface area contributed by atoms with Crippen LogP contribution in [0.3, 0.4) is 0 Å². The number of nitrogens with zero attached hydrogens (tertiary/aromatic N) is 5. The molecular weight excluding hydrogens is 230 g/mol. The topological polar surface area (TPSA) is 115 Å². The molecule has 0 fully saturated rings. The first-order chi connectivity index (χ1) is 8.74. The van der Waals surface area contributed by atoms with Gasteiger partial charge in [-0.05, 0) is 6.42 Å². The van der Waals surface area contributed by atoms with Gasteiger partial charge in [0.15, 0.2) is 0 Å². The van der Waals surface area contributed by atoms with E-state index >= 15 is 0 Å². The molecule has 0 spiro atoms. The number of nitrogens with two attached hydrogens (primary N) is 1. The maximum Gasteiger partial charge on any atom is 0.145 e. The van der Waals surface area contributed by atoms with E-state index in [1.807, 2.05) is 19.1 Å². The minimum Gasteiger partial charge on any atom is -0.330 e. The molecule has 1 rings (SSSR count). The van der Waals surface area contributed by atoms with Gasteiger partial charge in [-0.25, -0.2) is 15.8 Å². The van der Waals surface area contributed by atoms with E-state index in [0.717, 1.165) is 12.8 Å². The lowest BCUT2D eigenvalue weighted by Gasteiger charge is -2.18. The molecule has 0 atom stereocenters. The predicted octanol–water partition coefficient (Wildman–Crippen LogP) is 0.568. The van der Waals surface area contributed by atoms with Crippen LogP contribution in [-0.4, -0.2) is 23.1 Å². The second kappa shape index (κ2) is 7.05. The highest BCUT2D eigenvalue weighted by atomic mass is 15.3. The molecule has 18 heavy (non-hydrogen) atoms. The Bertz CT molecular complexity index is 455. The molecule has 94 valence electrons. The van der Waals surface area contributed by atoms with Gasteiger partial charge in [-0.1, -0.05) is 6.92 Å². The van der Waals surface area contributed by atoms with Gasteiger partial charge in [-0.15, -0.1) is 0 Å². The van der Waals surface area contributed by atoms with Crippen LogP contribution in [0.5, 0.6) is 0 Å². The SMILES string of the molecule is CCCc1nc(NN)cc(N(CC#N)CC#N)n1. The van der Waals surface area contributed by atoms with E-state index in [4.69, 9.17) is 16.4 Å². The first-order valence-corrected chi connectivity index (χ1v) is 5.58. The molecule has 1 heterocycles. The predicted molar refractivity (Wildman–Crippen MR) is 67.3 cm³/mol. The first-order valence-electron chi connectivity index (χ1n) is 5.58. The van der Waals surface area contributed by atoms with Crippen molar-refractivity contribution in [1.29, 1.82) is 10.5 Å². The Hall–Kier alpha value is -2.38. The highest BCUT2D eigenvalue weighted by molar-refractivity contribution is 5.50. The molecule has 0 unspecified atom stereocenters. The lowest BCUT2D eigenvalue weighted by atomic mass is 10.3. The van der Waals surface area contributed by atoms with Crippen LogP contribution < -0.4 is 16.2 Å². The second-order valence-corrected chi connectivity index (χ2v) is 3.59. The van der Waals surface area contributed by atoms with Crippen molar-refractivity contribution in [2.24, 2.45) is 5.84 Å². The lowest BCUT2D eigenvalue weighted by molar-refractivity contribution is 0.818. The van der Waals surface area contributed by atoms with E-state index in [1.54, 1.807) is 11.0 Å². The van der Waals surface area contributed by atoms with Gasteiger partial charge in [0.1, 0.15) is 30.5 Å². The molecule has 0 aliphatic carbocycles. The molecule has 7 nitrogen and oxygen atoms in total. The van der Waals surface area contributed by atoms with Crippen molar-refractivity contribution in [3.63, 3.8) is 0 Å². The van der Waals surface area contributed by atoms with Gasteiger partial charge in [0, 0.05) is 12.5 Å². The van der Waals surface area contributed by atoms with Gasteiger partial charge in [0.2, 0.25) is 0 Å². The molecule has 0 radical (unpaired) electrons. The van der Waals surface area contributed by atoms with Crippen LogP contribution in [0.15, 0.2) is 6.07 Å². The minimum absolute atomic E-state index is 0.0974. The van der Waals surface area contributed by atoms with Crippen molar-refractivity contribution in [3.05, 3.63) is 11.9 Å². The molecule has 0 amide bonds. The van der Waals surface area contributed by atoms with Crippen LogP contribution in [-0.2, 0) is 6.42 Å². The molecule has 0 saturated heterocycles. The summed E-state index contributed by atoms with van der Waals surface area (Å²) in [4.78, 5) is 10.1. The Morgan fingerprint density at radius 3 is 2.50 bits per heavy atom. The van der Waals surface area contributed by atoms with Crippen molar-refractivity contribution in [2.45, 2.75) is 19.8 Å². The quantitative estimate of drug-likeness (QED) is 0.427. The average Bonchev–Trinajstić information content (AvgIpc) is 2.38. The minimum atomic E-state index is 0.0974. The molecule has 0 bridgehead atoms. The molecule has 1 aromatic rings. The Morgan fingerprint density at radius 2 is 2.00 bits per heavy atom. The summed E-state index contributed by atoms with van der Waals surface area (Å²) in [7, 11) is 0. The summed E-state index contributed by atoms with van der Waals surface area (Å²) in [6.07, 6.45) is 1.62. The summed E-state index contributed by atoms with van der Waals surface area (Å²) in [5.74, 6) is 6.99. The van der Waals surface area contributed by atoms with Crippen LogP contribution >= 0.6 is 0 Å². The summed E-state index contributed by atoms with van der Waals surface area (Å²) < 4.78 is 0. The summed E-state index contributed by atoms with van der Waals surface area (Å²) in [6, 6.07) is 5.62. The molecule has 7 heteroatoms. The van der Waals surface area contributed by atoms with E-state index in [1.165, 1.54) is 0 Å². The van der Waals surface area contributed by atoms with E-state index in [-0.39, 0.29) is 13.1 Å². The van der Waals surface area contributed by atoms with Crippen molar-refractivity contribution in [3.8, 4) is 12.1 Å². The molecule has 3 N–H and O–H groups in total. The van der Waals surface area contributed by atoms with Crippen molar-refractivity contribution in [1.82, 2.24) is 9.97 Å². The van der Waals surface area contributed by atoms with Crippen LogP contribution in [0.4, 0.5) is 11.6 Å². The van der Waals surface area contributed by atoms with E-state index < -0.39 is 0 Å². The Balaban J connectivity index is 3.08. The summed E-state index contributed by atoms with van der Waals surface area (Å²) in [5, 5.41) is 17.5. The van der Waals surface area contributed by atoms with Gasteiger partial charge in [0.25, 0.3) is 0 Å². The molecule has 1 aromatic heterocycles. The maximum atomic E-state index is 8.74. The number of nitrogen functional groups attached to an aromatic ring is 1. The summed E-state index contributed by atoms with van der Waals surface area (Å²) >= 11 is 0. The summed E-state index contributed by atoms with van der Waals surface area (Å²) in [5.41, 5.74) is 2.46. The third kappa shape index (κ3) is 3.58. The molecule has 0 aromatic carbocycles. The van der Waals surface area contributed by atoms with Crippen molar-refractivity contribution >= 4 is 11.6 Å². The molecule has 0 aliphatic rings. The zero-order valence-electron chi connectivity index (χ0n) is 10.2. The third-order valence-electron chi connectivity index (χ3n) is 2.23. The highest BCUT2D eigenvalue weighted by Crippen LogP contribution is 2.15. The number of nitriles is 2. The number of aryl methyl sites for hydroxylation is 1. The van der Waals surface area contributed by atoms with Gasteiger partial charge in [0.05, 0.1) is 12.1 Å². The molecule has 0 saturated carbocycles. The fraction of sp³-hybridized carbons (Fsp3) is 0.455. The number of aromatic nitrogens is 2. The van der Waals surface area contributed by atoms with E-state index in [2.05, 4.69) is 15.4 Å². The van der Waals surface area contributed by atoms with Crippen LogP contribution in [0.2, 0.25) is 0 Å². The van der Waals surface area contributed by atoms with Gasteiger partial charge >= 0.3 is 0 Å². The largest absolute Gasteiger partial charge is 0.330 e. The fourth-order valence-corrected chi connectivity index (χ4v) is 1.44. The van der Waals surface area contributed by atoms with Gasteiger partial charge in [-0.2, -0.15) is 10.5 Å². The Kier molecular flexibility index (Phi) is 5.36. The highest BCUT2D eigenvalue weighted by Gasteiger charge is 2.10. The zero-order valence-corrected chi connectivity index (χ0v) is 10.2. The number of nitrogens with one attached hydrogen (secondary N) is 1. The number of hydrogen-bond donors (Lipinski definition) is 2. The normalized spacial score (nSPS) is 9.33. The number of anilines is 2. The van der Waals surface area contributed by atoms with Crippen LogP contribution in [0, 0.1) is 22.7 Å². The van der Waals surface area contributed by atoms with Crippen LogP contribution in [0.25, 0.3) is 0 Å². The maximum absolute atomic E-state index is 8.74. The number of hydrazine groups is 1. The average molecular weight is 245 g/mol.